The monoisotopic (exact) mass is 331 g/mol. The molecular weight excluding hydrogens is 314 g/mol. The molecule has 3 nitrogen and oxygen atoms in total. The molecule has 2 aromatic rings. The first-order valence-corrected chi connectivity index (χ1v) is 7.77. The fraction of sp³-hybridized carbons (Fsp3) is 0.312. The summed E-state index contributed by atoms with van der Waals surface area (Å²) >= 11 is 3.47. The van der Waals surface area contributed by atoms with Crippen molar-refractivity contribution in [2.24, 2.45) is 0 Å². The molecular formula is C16H18BrN3. The molecule has 1 saturated heterocycles. The summed E-state index contributed by atoms with van der Waals surface area (Å²) in [5, 5.41) is 3.34. The third-order valence-electron chi connectivity index (χ3n) is 3.63. The average molecular weight is 332 g/mol. The zero-order valence-electron chi connectivity index (χ0n) is 11.6. The van der Waals surface area contributed by atoms with Crippen LogP contribution in [0.2, 0.25) is 0 Å². The van der Waals surface area contributed by atoms with E-state index in [0.717, 1.165) is 21.7 Å². The number of nitrogens with one attached hydrogen (secondary N) is 1. The van der Waals surface area contributed by atoms with E-state index in [4.69, 9.17) is 0 Å². The molecule has 1 fully saturated rings. The molecule has 4 heteroatoms. The standard InChI is InChI=1S/C16H18BrN3/c1-12-15(17)8-9-16(18-12)19-13-4-6-14(7-5-13)20-10-2-3-11-20/h4-9H,2-3,10-11H2,1H3,(H,18,19). The second-order valence-electron chi connectivity index (χ2n) is 5.13. The van der Waals surface area contributed by atoms with Gasteiger partial charge in [0.25, 0.3) is 0 Å². The van der Waals surface area contributed by atoms with Crippen LogP contribution < -0.4 is 10.2 Å². The number of halogens is 1. The molecule has 20 heavy (non-hydrogen) atoms. The first-order chi connectivity index (χ1) is 9.72. The molecule has 1 aromatic carbocycles. The summed E-state index contributed by atoms with van der Waals surface area (Å²) < 4.78 is 1.03. The number of aromatic nitrogens is 1. The van der Waals surface area contributed by atoms with Gasteiger partial charge in [0.05, 0.1) is 5.69 Å². The van der Waals surface area contributed by atoms with Crippen molar-refractivity contribution >= 4 is 33.1 Å². The largest absolute Gasteiger partial charge is 0.372 e. The van der Waals surface area contributed by atoms with Gasteiger partial charge in [0, 0.05) is 28.9 Å². The van der Waals surface area contributed by atoms with Crippen molar-refractivity contribution in [3.8, 4) is 0 Å². The van der Waals surface area contributed by atoms with Gasteiger partial charge < -0.3 is 10.2 Å². The highest BCUT2D eigenvalue weighted by Crippen LogP contribution is 2.24. The SMILES string of the molecule is Cc1nc(Nc2ccc(N3CCCC3)cc2)ccc1Br. The van der Waals surface area contributed by atoms with Gasteiger partial charge >= 0.3 is 0 Å². The summed E-state index contributed by atoms with van der Waals surface area (Å²) in [6.45, 7) is 4.35. The summed E-state index contributed by atoms with van der Waals surface area (Å²) in [5.41, 5.74) is 3.37. The van der Waals surface area contributed by atoms with Gasteiger partial charge in [-0.1, -0.05) is 0 Å². The van der Waals surface area contributed by atoms with Crippen LogP contribution in [0.3, 0.4) is 0 Å². The van der Waals surface area contributed by atoms with Gasteiger partial charge in [0.1, 0.15) is 5.82 Å². The quantitative estimate of drug-likeness (QED) is 0.897. The minimum Gasteiger partial charge on any atom is -0.372 e. The highest BCUT2D eigenvalue weighted by atomic mass is 79.9. The highest BCUT2D eigenvalue weighted by Gasteiger charge is 2.11. The van der Waals surface area contributed by atoms with Crippen LogP contribution in [0.1, 0.15) is 18.5 Å². The van der Waals surface area contributed by atoms with Crippen LogP contribution in [-0.4, -0.2) is 18.1 Å². The minimum atomic E-state index is 0.875. The zero-order chi connectivity index (χ0) is 13.9. The molecule has 1 aromatic heterocycles. The lowest BCUT2D eigenvalue weighted by Crippen LogP contribution is -2.17. The molecule has 1 aliphatic heterocycles. The lowest BCUT2D eigenvalue weighted by atomic mass is 10.2. The number of nitrogens with zero attached hydrogens (tertiary/aromatic N) is 2. The Bertz CT molecular complexity index is 589. The Balaban J connectivity index is 1.72. The van der Waals surface area contributed by atoms with Gasteiger partial charge in [0.15, 0.2) is 0 Å². The second kappa shape index (κ2) is 5.83. The normalized spacial score (nSPS) is 14.6. The van der Waals surface area contributed by atoms with Crippen LogP contribution >= 0.6 is 15.9 Å². The Morgan fingerprint density at radius 2 is 1.75 bits per heavy atom. The summed E-state index contributed by atoms with van der Waals surface area (Å²) in [6, 6.07) is 12.6. The average Bonchev–Trinajstić information content (AvgIpc) is 2.98. The maximum Gasteiger partial charge on any atom is 0.130 e. The van der Waals surface area contributed by atoms with E-state index in [1.807, 2.05) is 19.1 Å². The van der Waals surface area contributed by atoms with E-state index in [2.05, 4.69) is 55.4 Å². The van der Waals surface area contributed by atoms with Crippen molar-refractivity contribution in [2.75, 3.05) is 23.3 Å². The molecule has 0 bridgehead atoms. The van der Waals surface area contributed by atoms with Gasteiger partial charge in [-0.25, -0.2) is 4.98 Å². The first-order valence-electron chi connectivity index (χ1n) is 6.97. The van der Waals surface area contributed by atoms with E-state index >= 15 is 0 Å². The number of benzene rings is 1. The van der Waals surface area contributed by atoms with Gasteiger partial charge in [-0.05, 0) is 72.1 Å². The lowest BCUT2D eigenvalue weighted by Gasteiger charge is -2.18. The molecule has 0 spiro atoms. The lowest BCUT2D eigenvalue weighted by molar-refractivity contribution is 0.949. The molecule has 0 aliphatic carbocycles. The predicted octanol–water partition coefficient (Wildman–Crippen LogP) is 4.50. The molecule has 0 saturated carbocycles. The number of anilines is 3. The smallest absolute Gasteiger partial charge is 0.130 e. The topological polar surface area (TPSA) is 28.2 Å². The van der Waals surface area contributed by atoms with E-state index < -0.39 is 0 Å². The van der Waals surface area contributed by atoms with E-state index in [9.17, 15) is 0 Å². The predicted molar refractivity (Wildman–Crippen MR) is 87.8 cm³/mol. The number of hydrogen-bond acceptors (Lipinski definition) is 3. The Kier molecular flexibility index (Phi) is 3.92. The fourth-order valence-corrected chi connectivity index (χ4v) is 2.71. The molecule has 0 unspecified atom stereocenters. The summed E-state index contributed by atoms with van der Waals surface area (Å²) in [4.78, 5) is 6.94. The number of pyridine rings is 1. The number of aryl methyl sites for hydroxylation is 1. The molecule has 0 atom stereocenters. The maximum absolute atomic E-state index is 4.50. The molecule has 1 aliphatic rings. The van der Waals surface area contributed by atoms with Crippen LogP contribution in [-0.2, 0) is 0 Å². The van der Waals surface area contributed by atoms with Crippen LogP contribution in [0.25, 0.3) is 0 Å². The molecule has 2 heterocycles. The van der Waals surface area contributed by atoms with E-state index in [0.29, 0.717) is 0 Å². The first kappa shape index (κ1) is 13.4. The molecule has 3 rings (SSSR count). The van der Waals surface area contributed by atoms with Crippen LogP contribution in [0, 0.1) is 6.92 Å². The minimum absolute atomic E-state index is 0.875. The Morgan fingerprint density at radius 3 is 2.40 bits per heavy atom. The van der Waals surface area contributed by atoms with E-state index in [1.165, 1.54) is 31.6 Å². The van der Waals surface area contributed by atoms with Crippen molar-refractivity contribution in [1.82, 2.24) is 4.98 Å². The third kappa shape index (κ3) is 2.96. The fourth-order valence-electron chi connectivity index (χ4n) is 2.49. The summed E-state index contributed by atoms with van der Waals surface area (Å²) in [5.74, 6) is 0.875. The van der Waals surface area contributed by atoms with Crippen LogP contribution in [0.15, 0.2) is 40.9 Å². The second-order valence-corrected chi connectivity index (χ2v) is 5.98. The van der Waals surface area contributed by atoms with Gasteiger partial charge in [-0.3, -0.25) is 0 Å². The van der Waals surface area contributed by atoms with Crippen LogP contribution in [0.5, 0.6) is 0 Å². The van der Waals surface area contributed by atoms with E-state index in [-0.39, 0.29) is 0 Å². The molecule has 104 valence electrons. The van der Waals surface area contributed by atoms with Gasteiger partial charge in [-0.2, -0.15) is 0 Å². The van der Waals surface area contributed by atoms with E-state index in [1.54, 1.807) is 0 Å². The Morgan fingerprint density at radius 1 is 1.05 bits per heavy atom. The highest BCUT2D eigenvalue weighted by molar-refractivity contribution is 9.10. The third-order valence-corrected chi connectivity index (χ3v) is 4.47. The molecule has 0 amide bonds. The molecule has 0 radical (unpaired) electrons. The summed E-state index contributed by atoms with van der Waals surface area (Å²) in [6.07, 6.45) is 2.62. The van der Waals surface area contributed by atoms with Gasteiger partial charge in [-0.15, -0.1) is 0 Å². The van der Waals surface area contributed by atoms with Crippen LogP contribution in [0.4, 0.5) is 17.2 Å². The van der Waals surface area contributed by atoms with Crippen molar-refractivity contribution in [3.63, 3.8) is 0 Å². The maximum atomic E-state index is 4.50. The number of hydrogen-bond donors (Lipinski definition) is 1. The number of rotatable bonds is 3. The van der Waals surface area contributed by atoms with Crippen molar-refractivity contribution in [3.05, 3.63) is 46.6 Å². The summed E-state index contributed by atoms with van der Waals surface area (Å²) in [7, 11) is 0. The Hall–Kier alpha value is -1.55. The van der Waals surface area contributed by atoms with Crippen molar-refractivity contribution < 1.29 is 0 Å². The van der Waals surface area contributed by atoms with Crippen molar-refractivity contribution in [1.29, 1.82) is 0 Å². The van der Waals surface area contributed by atoms with Gasteiger partial charge in [0.2, 0.25) is 0 Å². The van der Waals surface area contributed by atoms with Crippen molar-refractivity contribution in [2.45, 2.75) is 19.8 Å². The molecule has 1 N–H and O–H groups in total. The Labute approximate surface area is 128 Å². The zero-order valence-corrected chi connectivity index (χ0v) is 13.2.